The normalized spacial score (nSPS) is 26.0. The first-order valence-electron chi connectivity index (χ1n) is 8.18. The maximum Gasteiger partial charge on any atom is 0.237 e. The van der Waals surface area contributed by atoms with Gasteiger partial charge in [0, 0.05) is 5.69 Å². The molecule has 1 aromatic rings. The Hall–Kier alpha value is -1.36. The van der Waals surface area contributed by atoms with E-state index in [0.29, 0.717) is 0 Å². The van der Waals surface area contributed by atoms with Crippen LogP contribution in [0.2, 0.25) is 0 Å². The van der Waals surface area contributed by atoms with Crippen molar-refractivity contribution < 1.29 is 4.79 Å². The van der Waals surface area contributed by atoms with Gasteiger partial charge in [0.2, 0.25) is 5.91 Å². The second-order valence-electron chi connectivity index (χ2n) is 6.01. The molecule has 1 aliphatic rings. The van der Waals surface area contributed by atoms with Gasteiger partial charge in [-0.1, -0.05) is 20.8 Å². The first kappa shape index (κ1) is 16.0. The van der Waals surface area contributed by atoms with Gasteiger partial charge in [0.1, 0.15) is 0 Å². The van der Waals surface area contributed by atoms with Gasteiger partial charge in [-0.2, -0.15) is 5.10 Å². The standard InChI is InChI=1S/C16H28N4O/c1-4-12-10-13(5-2)20(19-12)14-8-7-9-16(11-14,15(17)21)18-6-3/h10,14,18H,4-9,11H2,1-3H3,(H2,17,21). The van der Waals surface area contributed by atoms with Crippen molar-refractivity contribution in [3.8, 4) is 0 Å². The molecule has 118 valence electrons. The molecule has 1 fully saturated rings. The summed E-state index contributed by atoms with van der Waals surface area (Å²) in [5.74, 6) is -0.227. The van der Waals surface area contributed by atoms with Crippen LogP contribution >= 0.6 is 0 Å². The minimum absolute atomic E-state index is 0.227. The van der Waals surface area contributed by atoms with Gasteiger partial charge in [0.25, 0.3) is 0 Å². The monoisotopic (exact) mass is 292 g/mol. The summed E-state index contributed by atoms with van der Waals surface area (Å²) in [6, 6.07) is 2.45. The predicted molar refractivity (Wildman–Crippen MR) is 84.1 cm³/mol. The van der Waals surface area contributed by atoms with Crippen LogP contribution in [0.15, 0.2) is 6.07 Å². The maximum absolute atomic E-state index is 12.0. The van der Waals surface area contributed by atoms with Crippen molar-refractivity contribution in [3.05, 3.63) is 17.5 Å². The van der Waals surface area contributed by atoms with E-state index in [1.807, 2.05) is 6.92 Å². The second-order valence-corrected chi connectivity index (χ2v) is 6.01. The van der Waals surface area contributed by atoms with Gasteiger partial charge >= 0.3 is 0 Å². The minimum Gasteiger partial charge on any atom is -0.368 e. The molecule has 21 heavy (non-hydrogen) atoms. The molecule has 2 unspecified atom stereocenters. The SMILES string of the molecule is CCNC1(C(N)=O)CCCC(n2nc(CC)cc2CC)C1. The second kappa shape index (κ2) is 6.60. The molecule has 3 N–H and O–H groups in total. The van der Waals surface area contributed by atoms with Crippen molar-refractivity contribution in [2.75, 3.05) is 6.54 Å². The number of nitrogens with one attached hydrogen (secondary N) is 1. The lowest BCUT2D eigenvalue weighted by molar-refractivity contribution is -0.126. The first-order chi connectivity index (χ1) is 10.1. The lowest BCUT2D eigenvalue weighted by Crippen LogP contribution is -2.58. The smallest absolute Gasteiger partial charge is 0.237 e. The molecule has 0 aliphatic heterocycles. The third-order valence-corrected chi connectivity index (χ3v) is 4.65. The highest BCUT2D eigenvalue weighted by molar-refractivity contribution is 5.84. The molecule has 1 aromatic heterocycles. The van der Waals surface area contributed by atoms with Crippen LogP contribution in [0.4, 0.5) is 0 Å². The summed E-state index contributed by atoms with van der Waals surface area (Å²) in [4.78, 5) is 12.0. The summed E-state index contributed by atoms with van der Waals surface area (Å²) in [6.07, 6.45) is 5.56. The molecule has 0 saturated heterocycles. The highest BCUT2D eigenvalue weighted by Crippen LogP contribution is 2.36. The average molecular weight is 292 g/mol. The number of carbonyl (C=O) groups is 1. The number of primary amides is 1. The van der Waals surface area contributed by atoms with E-state index in [-0.39, 0.29) is 11.9 Å². The van der Waals surface area contributed by atoms with Crippen LogP contribution in [0.5, 0.6) is 0 Å². The van der Waals surface area contributed by atoms with E-state index in [1.165, 1.54) is 5.69 Å². The lowest BCUT2D eigenvalue weighted by Gasteiger charge is -2.39. The molecular formula is C16H28N4O. The molecule has 1 heterocycles. The van der Waals surface area contributed by atoms with Crippen molar-refractivity contribution in [3.63, 3.8) is 0 Å². The molecule has 2 rings (SSSR count). The highest BCUT2D eigenvalue weighted by atomic mass is 16.1. The Labute approximate surface area is 127 Å². The fourth-order valence-corrected chi connectivity index (χ4v) is 3.51. The number of aryl methyl sites for hydroxylation is 2. The highest BCUT2D eigenvalue weighted by Gasteiger charge is 2.41. The van der Waals surface area contributed by atoms with E-state index >= 15 is 0 Å². The fourth-order valence-electron chi connectivity index (χ4n) is 3.51. The Balaban J connectivity index is 2.28. The van der Waals surface area contributed by atoms with Gasteiger partial charge < -0.3 is 11.1 Å². The van der Waals surface area contributed by atoms with Crippen LogP contribution in [0.1, 0.15) is 63.9 Å². The van der Waals surface area contributed by atoms with Gasteiger partial charge in [-0.05, 0) is 51.1 Å². The lowest BCUT2D eigenvalue weighted by atomic mass is 9.78. The zero-order valence-electron chi connectivity index (χ0n) is 13.5. The van der Waals surface area contributed by atoms with E-state index in [9.17, 15) is 4.79 Å². The van der Waals surface area contributed by atoms with Gasteiger partial charge in [-0.15, -0.1) is 0 Å². The van der Waals surface area contributed by atoms with Gasteiger partial charge in [-0.25, -0.2) is 0 Å². The van der Waals surface area contributed by atoms with Crippen LogP contribution in [-0.2, 0) is 17.6 Å². The van der Waals surface area contributed by atoms with Crippen molar-refractivity contribution in [1.82, 2.24) is 15.1 Å². The number of nitrogens with zero attached hydrogens (tertiary/aromatic N) is 2. The number of carbonyl (C=O) groups excluding carboxylic acids is 1. The Morgan fingerprint density at radius 2 is 2.24 bits per heavy atom. The van der Waals surface area contributed by atoms with Crippen molar-refractivity contribution in [2.45, 2.75) is 70.9 Å². The molecule has 0 spiro atoms. The van der Waals surface area contributed by atoms with Crippen molar-refractivity contribution in [1.29, 1.82) is 0 Å². The third-order valence-electron chi connectivity index (χ3n) is 4.65. The van der Waals surface area contributed by atoms with Crippen LogP contribution in [-0.4, -0.2) is 27.8 Å². The van der Waals surface area contributed by atoms with Crippen LogP contribution in [0.3, 0.4) is 0 Å². The van der Waals surface area contributed by atoms with Crippen molar-refractivity contribution >= 4 is 5.91 Å². The minimum atomic E-state index is -0.568. The number of nitrogens with two attached hydrogens (primary N) is 1. The van der Waals surface area contributed by atoms with Gasteiger partial charge in [0.05, 0.1) is 17.3 Å². The van der Waals surface area contributed by atoms with Crippen LogP contribution < -0.4 is 11.1 Å². The number of hydrogen-bond acceptors (Lipinski definition) is 3. The topological polar surface area (TPSA) is 72.9 Å². The fraction of sp³-hybridized carbons (Fsp3) is 0.750. The quantitative estimate of drug-likeness (QED) is 0.842. The Morgan fingerprint density at radius 3 is 2.81 bits per heavy atom. The number of likely N-dealkylation sites (N-methyl/N-ethyl adjacent to an activating group) is 1. The van der Waals surface area contributed by atoms with E-state index in [4.69, 9.17) is 10.8 Å². The van der Waals surface area contributed by atoms with Gasteiger partial charge in [-0.3, -0.25) is 9.48 Å². The molecule has 5 heteroatoms. The zero-order chi connectivity index (χ0) is 15.5. The van der Waals surface area contributed by atoms with Crippen LogP contribution in [0, 0.1) is 0 Å². The number of rotatable bonds is 6. The summed E-state index contributed by atoms with van der Waals surface area (Å²) in [5, 5.41) is 8.08. The van der Waals surface area contributed by atoms with E-state index in [1.54, 1.807) is 0 Å². The largest absolute Gasteiger partial charge is 0.368 e. The molecule has 0 radical (unpaired) electrons. The summed E-state index contributed by atoms with van der Waals surface area (Å²) >= 11 is 0. The van der Waals surface area contributed by atoms with Gasteiger partial charge in [0.15, 0.2) is 0 Å². The Bertz CT molecular complexity index is 492. The molecular weight excluding hydrogens is 264 g/mol. The average Bonchev–Trinajstić information content (AvgIpc) is 2.91. The summed E-state index contributed by atoms with van der Waals surface area (Å²) in [5.41, 5.74) is 7.52. The Kier molecular flexibility index (Phi) is 5.04. The third kappa shape index (κ3) is 3.12. The molecule has 1 aliphatic carbocycles. The number of aromatic nitrogens is 2. The Morgan fingerprint density at radius 1 is 1.48 bits per heavy atom. The molecule has 0 aromatic carbocycles. The van der Waals surface area contributed by atoms with Crippen molar-refractivity contribution in [2.24, 2.45) is 5.73 Å². The van der Waals surface area contributed by atoms with E-state index in [2.05, 4.69) is 29.9 Å². The molecule has 1 amide bonds. The first-order valence-corrected chi connectivity index (χ1v) is 8.18. The molecule has 2 atom stereocenters. The molecule has 1 saturated carbocycles. The maximum atomic E-state index is 12.0. The van der Waals surface area contributed by atoms with Crippen LogP contribution in [0.25, 0.3) is 0 Å². The predicted octanol–water partition coefficient (Wildman–Crippen LogP) is 1.96. The summed E-state index contributed by atoms with van der Waals surface area (Å²) in [7, 11) is 0. The zero-order valence-corrected chi connectivity index (χ0v) is 13.5. The summed E-state index contributed by atoms with van der Waals surface area (Å²) in [6.45, 7) is 7.06. The molecule has 0 bridgehead atoms. The summed E-state index contributed by atoms with van der Waals surface area (Å²) < 4.78 is 2.15. The number of hydrogen-bond donors (Lipinski definition) is 2. The van der Waals surface area contributed by atoms with E-state index in [0.717, 1.165) is 50.8 Å². The molecule has 5 nitrogen and oxygen atoms in total. The number of amides is 1. The van der Waals surface area contributed by atoms with E-state index < -0.39 is 5.54 Å².